The summed E-state index contributed by atoms with van der Waals surface area (Å²) in [5.41, 5.74) is 0.319. The van der Waals surface area contributed by atoms with Crippen molar-refractivity contribution in [3.63, 3.8) is 0 Å². The number of ether oxygens (including phenoxy) is 1. The highest BCUT2D eigenvalue weighted by Gasteiger charge is 2.16. The molecular formula is C18H14BrF2N3O2. The van der Waals surface area contributed by atoms with Gasteiger partial charge in [-0.1, -0.05) is 6.07 Å². The number of aryl methyl sites for hydroxylation is 1. The molecule has 0 aliphatic heterocycles. The lowest BCUT2D eigenvalue weighted by molar-refractivity contribution is 0.276. The number of aromatic nitrogens is 3. The zero-order valence-electron chi connectivity index (χ0n) is 13.7. The first-order valence-electron chi connectivity index (χ1n) is 7.69. The van der Waals surface area contributed by atoms with E-state index in [9.17, 15) is 13.6 Å². The highest BCUT2D eigenvalue weighted by Crippen LogP contribution is 2.22. The largest absolute Gasteiger partial charge is 0.472 e. The summed E-state index contributed by atoms with van der Waals surface area (Å²) in [5, 5.41) is 0. The minimum absolute atomic E-state index is 0.0128. The third-order valence-electron chi connectivity index (χ3n) is 3.78. The van der Waals surface area contributed by atoms with Crippen LogP contribution in [-0.2, 0) is 13.2 Å². The predicted molar refractivity (Wildman–Crippen MR) is 95.0 cm³/mol. The van der Waals surface area contributed by atoms with Gasteiger partial charge in [-0.15, -0.1) is 0 Å². The smallest absolute Gasteiger partial charge is 0.272 e. The van der Waals surface area contributed by atoms with Gasteiger partial charge in [-0.25, -0.2) is 8.78 Å². The van der Waals surface area contributed by atoms with E-state index in [-0.39, 0.29) is 28.1 Å². The van der Waals surface area contributed by atoms with Crippen LogP contribution in [0.2, 0.25) is 0 Å². The molecule has 0 atom stereocenters. The van der Waals surface area contributed by atoms with Gasteiger partial charge in [-0.2, -0.15) is 4.98 Å². The van der Waals surface area contributed by atoms with Gasteiger partial charge < -0.3 is 4.74 Å². The number of nitrogens with zero attached hydrogens (tertiary/aromatic N) is 3. The van der Waals surface area contributed by atoms with Gasteiger partial charge in [0.25, 0.3) is 5.56 Å². The first-order valence-corrected chi connectivity index (χ1v) is 8.48. The molecule has 0 unspecified atom stereocenters. The average molecular weight is 422 g/mol. The van der Waals surface area contributed by atoms with Crippen molar-refractivity contribution in [3.8, 4) is 5.88 Å². The molecule has 0 saturated carbocycles. The van der Waals surface area contributed by atoms with E-state index in [2.05, 4.69) is 25.9 Å². The molecule has 3 aromatic rings. The second-order valence-electron chi connectivity index (χ2n) is 5.51. The van der Waals surface area contributed by atoms with Gasteiger partial charge in [0.2, 0.25) is 5.88 Å². The molecule has 5 nitrogen and oxygen atoms in total. The molecule has 134 valence electrons. The van der Waals surface area contributed by atoms with Gasteiger partial charge in [0.15, 0.2) is 0 Å². The Kier molecular flexibility index (Phi) is 5.41. The lowest BCUT2D eigenvalue weighted by Crippen LogP contribution is -2.25. The SMILES string of the molecule is Cc1nc(OCc2c(F)cccc2F)c(Br)c(=O)n1Cc1ccncc1. The van der Waals surface area contributed by atoms with Gasteiger partial charge >= 0.3 is 0 Å². The standard InChI is InChI=1S/C18H14BrF2N3O2/c1-11-23-17(26-10-13-14(20)3-2-4-15(13)21)16(19)18(25)24(11)9-12-5-7-22-8-6-12/h2-8H,9-10H2,1H3. The summed E-state index contributed by atoms with van der Waals surface area (Å²) in [6.45, 7) is 1.60. The molecular weight excluding hydrogens is 408 g/mol. The summed E-state index contributed by atoms with van der Waals surface area (Å²) in [5.74, 6) is -1.03. The first-order chi connectivity index (χ1) is 12.5. The van der Waals surface area contributed by atoms with Crippen LogP contribution in [0.3, 0.4) is 0 Å². The maximum absolute atomic E-state index is 13.7. The van der Waals surface area contributed by atoms with E-state index in [1.165, 1.54) is 10.6 Å². The molecule has 0 bridgehead atoms. The summed E-state index contributed by atoms with van der Waals surface area (Å²) in [7, 11) is 0. The van der Waals surface area contributed by atoms with Crippen molar-refractivity contribution in [3.05, 3.63) is 86.1 Å². The Labute approximate surface area is 156 Å². The fourth-order valence-corrected chi connectivity index (χ4v) is 2.79. The topological polar surface area (TPSA) is 57.0 Å². The molecule has 0 N–H and O–H groups in total. The van der Waals surface area contributed by atoms with E-state index in [1.807, 2.05) is 0 Å². The van der Waals surface area contributed by atoms with E-state index < -0.39 is 11.6 Å². The second kappa shape index (κ2) is 7.74. The Balaban J connectivity index is 1.87. The Morgan fingerprint density at radius 1 is 1.15 bits per heavy atom. The van der Waals surface area contributed by atoms with Crippen molar-refractivity contribution in [1.29, 1.82) is 0 Å². The fourth-order valence-electron chi connectivity index (χ4n) is 2.38. The molecule has 8 heteroatoms. The highest BCUT2D eigenvalue weighted by molar-refractivity contribution is 9.10. The van der Waals surface area contributed by atoms with Crippen molar-refractivity contribution in [2.75, 3.05) is 0 Å². The van der Waals surface area contributed by atoms with Crippen molar-refractivity contribution in [2.45, 2.75) is 20.1 Å². The highest BCUT2D eigenvalue weighted by atomic mass is 79.9. The fraction of sp³-hybridized carbons (Fsp3) is 0.167. The van der Waals surface area contributed by atoms with Crippen molar-refractivity contribution in [1.82, 2.24) is 14.5 Å². The van der Waals surface area contributed by atoms with Crippen molar-refractivity contribution in [2.24, 2.45) is 0 Å². The van der Waals surface area contributed by atoms with Gasteiger partial charge in [0.1, 0.15) is 28.5 Å². The Hall–Kier alpha value is -2.61. The van der Waals surface area contributed by atoms with Crippen LogP contribution in [0.25, 0.3) is 0 Å². The molecule has 0 aliphatic carbocycles. The van der Waals surface area contributed by atoms with Crippen LogP contribution in [0.1, 0.15) is 17.0 Å². The molecule has 0 amide bonds. The van der Waals surface area contributed by atoms with Gasteiger partial charge in [-0.05, 0) is 52.7 Å². The van der Waals surface area contributed by atoms with E-state index in [0.717, 1.165) is 17.7 Å². The Morgan fingerprint density at radius 2 is 1.81 bits per heavy atom. The molecule has 3 rings (SSSR count). The van der Waals surface area contributed by atoms with Crippen molar-refractivity contribution < 1.29 is 13.5 Å². The van der Waals surface area contributed by atoms with Gasteiger partial charge in [-0.3, -0.25) is 14.3 Å². The number of pyridine rings is 1. The van der Waals surface area contributed by atoms with Crippen LogP contribution in [0.4, 0.5) is 8.78 Å². The minimum atomic E-state index is -0.719. The molecule has 2 heterocycles. The molecule has 0 saturated heterocycles. The minimum Gasteiger partial charge on any atom is -0.472 e. The molecule has 0 radical (unpaired) electrons. The average Bonchev–Trinajstić information content (AvgIpc) is 2.63. The third-order valence-corrected chi connectivity index (χ3v) is 4.46. The quantitative estimate of drug-likeness (QED) is 0.631. The first kappa shape index (κ1) is 18.2. The van der Waals surface area contributed by atoms with Crippen LogP contribution in [-0.4, -0.2) is 14.5 Å². The van der Waals surface area contributed by atoms with Gasteiger partial charge in [0, 0.05) is 12.4 Å². The molecule has 0 aliphatic rings. The molecule has 0 fully saturated rings. The van der Waals surface area contributed by atoms with Crippen molar-refractivity contribution >= 4 is 15.9 Å². The van der Waals surface area contributed by atoms with E-state index >= 15 is 0 Å². The number of hydrogen-bond donors (Lipinski definition) is 0. The Bertz CT molecular complexity index is 973. The maximum atomic E-state index is 13.7. The van der Waals surface area contributed by atoms with Crippen LogP contribution in [0.5, 0.6) is 5.88 Å². The molecule has 26 heavy (non-hydrogen) atoms. The summed E-state index contributed by atoms with van der Waals surface area (Å²) in [4.78, 5) is 20.8. The predicted octanol–water partition coefficient (Wildman–Crippen LogP) is 3.61. The summed E-state index contributed by atoms with van der Waals surface area (Å²) in [6, 6.07) is 7.15. The lowest BCUT2D eigenvalue weighted by atomic mass is 10.2. The second-order valence-corrected chi connectivity index (χ2v) is 6.31. The maximum Gasteiger partial charge on any atom is 0.272 e. The van der Waals surface area contributed by atoms with E-state index in [0.29, 0.717) is 12.4 Å². The lowest BCUT2D eigenvalue weighted by Gasteiger charge is -2.14. The van der Waals surface area contributed by atoms with E-state index in [4.69, 9.17) is 4.74 Å². The molecule has 1 aromatic carbocycles. The Morgan fingerprint density at radius 3 is 2.46 bits per heavy atom. The third kappa shape index (κ3) is 3.80. The van der Waals surface area contributed by atoms with Crippen LogP contribution < -0.4 is 10.3 Å². The molecule has 2 aromatic heterocycles. The normalized spacial score (nSPS) is 10.8. The van der Waals surface area contributed by atoms with Crippen LogP contribution in [0.15, 0.2) is 52.0 Å². The van der Waals surface area contributed by atoms with Crippen LogP contribution in [0, 0.1) is 18.6 Å². The summed E-state index contributed by atoms with van der Waals surface area (Å²) in [6.07, 6.45) is 3.28. The summed E-state index contributed by atoms with van der Waals surface area (Å²) >= 11 is 3.17. The monoisotopic (exact) mass is 421 g/mol. The zero-order valence-corrected chi connectivity index (χ0v) is 15.3. The van der Waals surface area contributed by atoms with Gasteiger partial charge in [0.05, 0.1) is 12.1 Å². The number of hydrogen-bond acceptors (Lipinski definition) is 4. The number of halogens is 3. The zero-order chi connectivity index (χ0) is 18.7. The summed E-state index contributed by atoms with van der Waals surface area (Å²) < 4.78 is 34.3. The number of rotatable bonds is 5. The van der Waals surface area contributed by atoms with E-state index in [1.54, 1.807) is 31.5 Å². The number of benzene rings is 1. The van der Waals surface area contributed by atoms with Crippen LogP contribution >= 0.6 is 15.9 Å². The molecule has 0 spiro atoms.